The number of nitro benzene ring substituents is 1. The number of nitro groups is 1. The predicted molar refractivity (Wildman–Crippen MR) is 88.4 cm³/mol. The van der Waals surface area contributed by atoms with E-state index < -0.39 is 4.92 Å². The normalized spacial score (nSPS) is 23.7. The van der Waals surface area contributed by atoms with E-state index in [0.29, 0.717) is 11.3 Å². The zero-order valence-electron chi connectivity index (χ0n) is 12.7. The molecule has 3 atom stereocenters. The summed E-state index contributed by atoms with van der Waals surface area (Å²) in [5.74, 6) is 0.347. The molecule has 0 bridgehead atoms. The van der Waals surface area contributed by atoms with Crippen molar-refractivity contribution in [1.82, 2.24) is 4.98 Å². The van der Waals surface area contributed by atoms with Crippen molar-refractivity contribution in [3.05, 3.63) is 75.6 Å². The minimum Gasteiger partial charge on any atom is -0.377 e. The van der Waals surface area contributed by atoms with Crippen LogP contribution in [-0.4, -0.2) is 9.91 Å². The zero-order chi connectivity index (χ0) is 16.7. The first-order valence-electron chi connectivity index (χ1n) is 7.74. The van der Waals surface area contributed by atoms with E-state index >= 15 is 0 Å². The molecule has 0 spiro atoms. The Balaban J connectivity index is 1.88. The molecule has 1 aliphatic carbocycles. The molecule has 1 aromatic heterocycles. The number of pyridine rings is 1. The lowest BCUT2D eigenvalue weighted by Gasteiger charge is -2.37. The van der Waals surface area contributed by atoms with Gasteiger partial charge in [-0.1, -0.05) is 12.2 Å². The number of nitriles is 1. The van der Waals surface area contributed by atoms with Crippen molar-refractivity contribution in [2.75, 3.05) is 5.32 Å². The van der Waals surface area contributed by atoms with E-state index in [1.165, 1.54) is 6.07 Å². The average Bonchev–Trinajstić information content (AvgIpc) is 3.10. The van der Waals surface area contributed by atoms with Crippen LogP contribution in [0.1, 0.15) is 35.1 Å². The van der Waals surface area contributed by atoms with Gasteiger partial charge in [0, 0.05) is 30.4 Å². The third-order valence-electron chi connectivity index (χ3n) is 4.85. The maximum Gasteiger partial charge on any atom is 0.271 e. The van der Waals surface area contributed by atoms with Gasteiger partial charge in [-0.2, -0.15) is 5.26 Å². The largest absolute Gasteiger partial charge is 0.377 e. The van der Waals surface area contributed by atoms with E-state index in [2.05, 4.69) is 28.5 Å². The lowest BCUT2D eigenvalue weighted by molar-refractivity contribution is -0.384. The van der Waals surface area contributed by atoms with E-state index in [4.69, 9.17) is 0 Å². The van der Waals surface area contributed by atoms with Crippen LogP contribution in [0.4, 0.5) is 11.4 Å². The van der Waals surface area contributed by atoms with Gasteiger partial charge in [0.15, 0.2) is 0 Å². The van der Waals surface area contributed by atoms with Gasteiger partial charge in [-0.3, -0.25) is 15.1 Å². The summed E-state index contributed by atoms with van der Waals surface area (Å²) in [4.78, 5) is 14.8. The van der Waals surface area contributed by atoms with E-state index in [-0.39, 0.29) is 23.6 Å². The predicted octanol–water partition coefficient (Wildman–Crippen LogP) is 3.69. The van der Waals surface area contributed by atoms with Gasteiger partial charge < -0.3 is 5.32 Å². The van der Waals surface area contributed by atoms with E-state index in [0.717, 1.165) is 17.5 Å². The monoisotopic (exact) mass is 318 g/mol. The summed E-state index contributed by atoms with van der Waals surface area (Å²) in [6.07, 6.45) is 8.62. The van der Waals surface area contributed by atoms with Crippen LogP contribution in [0.5, 0.6) is 0 Å². The second kappa shape index (κ2) is 5.46. The molecule has 1 N–H and O–H groups in total. The summed E-state index contributed by atoms with van der Waals surface area (Å²) < 4.78 is 0. The van der Waals surface area contributed by atoms with E-state index in [1.54, 1.807) is 18.5 Å². The van der Waals surface area contributed by atoms with Gasteiger partial charge in [0.2, 0.25) is 0 Å². The number of benzene rings is 1. The Morgan fingerprint density at radius 1 is 1.33 bits per heavy atom. The standard InChI is InChI=1S/C18H14N4O2/c19-10-12-8-13(22(23)24)9-16-14-2-1-3-15(14)17(21-18(12)16)11-4-6-20-7-5-11/h1-2,4-9,14-15,17,21H,3H2/t14-,15+,17+/m1/s1. The molecule has 0 saturated heterocycles. The summed E-state index contributed by atoms with van der Waals surface area (Å²) in [6.45, 7) is 0. The number of allylic oxidation sites excluding steroid dienone is 2. The Morgan fingerprint density at radius 3 is 2.83 bits per heavy atom. The number of non-ortho nitro benzene ring substituents is 1. The van der Waals surface area contributed by atoms with Crippen molar-refractivity contribution in [2.45, 2.75) is 18.4 Å². The Morgan fingerprint density at radius 2 is 2.12 bits per heavy atom. The van der Waals surface area contributed by atoms with Gasteiger partial charge in [-0.25, -0.2) is 0 Å². The van der Waals surface area contributed by atoms with Crippen molar-refractivity contribution in [2.24, 2.45) is 5.92 Å². The Hall–Kier alpha value is -3.20. The molecular formula is C18H14N4O2. The molecule has 0 radical (unpaired) electrons. The summed E-state index contributed by atoms with van der Waals surface area (Å²) in [6, 6.07) is 9.02. The van der Waals surface area contributed by atoms with Crippen molar-refractivity contribution in [3.8, 4) is 6.07 Å². The number of hydrogen-bond acceptors (Lipinski definition) is 5. The van der Waals surface area contributed by atoms with Gasteiger partial charge >= 0.3 is 0 Å². The van der Waals surface area contributed by atoms with Gasteiger partial charge in [-0.15, -0.1) is 0 Å². The molecule has 0 unspecified atom stereocenters. The Bertz CT molecular complexity index is 886. The lowest BCUT2D eigenvalue weighted by Crippen LogP contribution is -2.29. The molecule has 2 aromatic rings. The van der Waals surface area contributed by atoms with Crippen molar-refractivity contribution in [3.63, 3.8) is 0 Å². The van der Waals surface area contributed by atoms with Crippen LogP contribution in [0.15, 0.2) is 48.8 Å². The number of rotatable bonds is 2. The summed E-state index contributed by atoms with van der Waals surface area (Å²) in [7, 11) is 0. The number of hydrogen-bond donors (Lipinski definition) is 1. The molecule has 2 aliphatic rings. The number of anilines is 1. The average molecular weight is 318 g/mol. The van der Waals surface area contributed by atoms with Crippen LogP contribution >= 0.6 is 0 Å². The number of nitrogens with zero attached hydrogens (tertiary/aromatic N) is 3. The van der Waals surface area contributed by atoms with Crippen molar-refractivity contribution >= 4 is 11.4 Å². The zero-order valence-corrected chi connectivity index (χ0v) is 12.7. The number of nitrogens with one attached hydrogen (secondary N) is 1. The topological polar surface area (TPSA) is 91.8 Å². The first-order valence-corrected chi connectivity index (χ1v) is 7.74. The highest BCUT2D eigenvalue weighted by Crippen LogP contribution is 2.51. The van der Waals surface area contributed by atoms with Crippen LogP contribution in [-0.2, 0) is 0 Å². The number of fused-ring (bicyclic) bond motifs is 3. The molecule has 6 heteroatoms. The Labute approximate surface area is 138 Å². The van der Waals surface area contributed by atoms with Gasteiger partial charge in [0.05, 0.1) is 22.2 Å². The van der Waals surface area contributed by atoms with Crippen molar-refractivity contribution in [1.29, 1.82) is 5.26 Å². The molecule has 1 aromatic carbocycles. The minimum atomic E-state index is -0.441. The highest BCUT2D eigenvalue weighted by Gasteiger charge is 2.39. The van der Waals surface area contributed by atoms with E-state index in [1.807, 2.05) is 12.1 Å². The van der Waals surface area contributed by atoms with E-state index in [9.17, 15) is 15.4 Å². The molecule has 24 heavy (non-hydrogen) atoms. The second-order valence-corrected chi connectivity index (χ2v) is 6.08. The quantitative estimate of drug-likeness (QED) is 0.518. The molecule has 4 rings (SSSR count). The molecule has 6 nitrogen and oxygen atoms in total. The second-order valence-electron chi connectivity index (χ2n) is 6.08. The molecule has 0 fully saturated rings. The highest BCUT2D eigenvalue weighted by molar-refractivity contribution is 5.71. The van der Waals surface area contributed by atoms with Crippen LogP contribution in [0.25, 0.3) is 0 Å². The third kappa shape index (κ3) is 2.14. The highest BCUT2D eigenvalue weighted by atomic mass is 16.6. The molecule has 118 valence electrons. The summed E-state index contributed by atoms with van der Waals surface area (Å²) >= 11 is 0. The third-order valence-corrected chi connectivity index (χ3v) is 4.85. The first kappa shape index (κ1) is 14.4. The molecule has 1 aliphatic heterocycles. The maximum atomic E-state index is 11.2. The Kier molecular flexibility index (Phi) is 3.28. The van der Waals surface area contributed by atoms with Crippen molar-refractivity contribution < 1.29 is 4.92 Å². The number of aromatic nitrogens is 1. The minimum absolute atomic E-state index is 0.0338. The fraction of sp³-hybridized carbons (Fsp3) is 0.222. The molecule has 2 heterocycles. The van der Waals surface area contributed by atoms with Crippen LogP contribution in [0.2, 0.25) is 0 Å². The molecule has 0 amide bonds. The summed E-state index contributed by atoms with van der Waals surface area (Å²) in [5, 5.41) is 24.1. The fourth-order valence-corrected chi connectivity index (χ4v) is 3.78. The SMILES string of the molecule is N#Cc1cc([N+](=O)[O-])cc2c1N[C@@H](c1ccncc1)[C@H]1CC=C[C@@H]21. The lowest BCUT2D eigenvalue weighted by atomic mass is 9.76. The van der Waals surface area contributed by atoms with Gasteiger partial charge in [0.1, 0.15) is 6.07 Å². The molecular weight excluding hydrogens is 304 g/mol. The van der Waals surface area contributed by atoms with Gasteiger partial charge in [-0.05, 0) is 35.6 Å². The summed E-state index contributed by atoms with van der Waals surface area (Å²) in [5.41, 5.74) is 2.93. The molecule has 0 saturated carbocycles. The van der Waals surface area contributed by atoms with Crippen LogP contribution in [0, 0.1) is 27.4 Å². The smallest absolute Gasteiger partial charge is 0.271 e. The van der Waals surface area contributed by atoms with Crippen LogP contribution in [0.3, 0.4) is 0 Å². The first-order chi connectivity index (χ1) is 11.7. The fourth-order valence-electron chi connectivity index (χ4n) is 3.78. The van der Waals surface area contributed by atoms with Crippen LogP contribution < -0.4 is 5.32 Å². The van der Waals surface area contributed by atoms with Gasteiger partial charge in [0.25, 0.3) is 5.69 Å². The maximum absolute atomic E-state index is 11.2.